The first-order chi connectivity index (χ1) is 21.0. The third-order valence-corrected chi connectivity index (χ3v) is 7.29. The molecule has 0 spiro atoms. The molecular formula is C37H64O6. The molecule has 0 unspecified atom stereocenters. The first-order valence-electron chi connectivity index (χ1n) is 17.3. The van der Waals surface area contributed by atoms with E-state index in [0.717, 1.165) is 64.2 Å². The smallest absolute Gasteiger partial charge is 0.306 e. The number of unbranched alkanes of at least 4 members (excludes halogenated alkanes) is 11. The predicted molar refractivity (Wildman–Crippen MR) is 179 cm³/mol. The summed E-state index contributed by atoms with van der Waals surface area (Å²) in [6.45, 7) is 3.78. The average Bonchev–Trinajstić information content (AvgIpc) is 3.01. The molecule has 0 rings (SSSR count). The third kappa shape index (κ3) is 31.1. The molecule has 6 nitrogen and oxygen atoms in total. The fourth-order valence-corrected chi connectivity index (χ4v) is 4.47. The predicted octanol–water partition coefficient (Wildman–Crippen LogP) is 9.25. The second kappa shape index (κ2) is 32.7. The summed E-state index contributed by atoms with van der Waals surface area (Å²) in [5.74, 6) is -0.679. The van der Waals surface area contributed by atoms with E-state index in [1.165, 1.54) is 51.4 Å². The van der Waals surface area contributed by atoms with Gasteiger partial charge >= 0.3 is 11.9 Å². The number of ether oxygens (including phenoxy) is 2. The maximum Gasteiger partial charge on any atom is 0.306 e. The molecule has 0 aliphatic carbocycles. The second-order valence-corrected chi connectivity index (χ2v) is 11.4. The van der Waals surface area contributed by atoms with Crippen molar-refractivity contribution in [2.24, 2.45) is 0 Å². The SMILES string of the molecule is CCCCCCCCCCCCCC(=O)OC[C@H](CO)OC(=O)CCC/C=C\C/C=C\C/C=C\C/C=C\CC[C@H](O)CC. The molecule has 0 aromatic rings. The lowest BCUT2D eigenvalue weighted by Gasteiger charge is -2.15. The van der Waals surface area contributed by atoms with Gasteiger partial charge < -0.3 is 19.7 Å². The van der Waals surface area contributed by atoms with Crippen molar-refractivity contribution in [3.05, 3.63) is 48.6 Å². The standard InChI is InChI=1S/C37H64O6/c1-3-5-6-7-8-9-14-18-21-24-27-30-36(40)42-33-35(32-38)43-37(41)31-28-25-22-19-16-13-11-10-12-15-17-20-23-26-29-34(39)4-2/h11-13,15,19-20,22-23,34-35,38-39H,3-10,14,16-18,21,24-33H2,1-2H3/b13-11-,15-12-,22-19-,23-20-/t34-,35+/m1/s1. The Balaban J connectivity index is 3.73. The molecule has 43 heavy (non-hydrogen) atoms. The summed E-state index contributed by atoms with van der Waals surface area (Å²) in [5, 5.41) is 19.0. The van der Waals surface area contributed by atoms with Crippen LogP contribution in [0.15, 0.2) is 48.6 Å². The first kappa shape index (κ1) is 40.8. The number of carbonyl (C=O) groups is 2. The van der Waals surface area contributed by atoms with Crippen molar-refractivity contribution in [2.75, 3.05) is 13.2 Å². The summed E-state index contributed by atoms with van der Waals surface area (Å²) in [6, 6.07) is 0. The summed E-state index contributed by atoms with van der Waals surface area (Å²) in [4.78, 5) is 24.1. The van der Waals surface area contributed by atoms with E-state index in [0.29, 0.717) is 12.8 Å². The number of esters is 2. The van der Waals surface area contributed by atoms with Gasteiger partial charge in [0.1, 0.15) is 6.61 Å². The summed E-state index contributed by atoms with van der Waals surface area (Å²) < 4.78 is 10.5. The highest BCUT2D eigenvalue weighted by Crippen LogP contribution is 2.12. The molecule has 0 aliphatic rings. The van der Waals surface area contributed by atoms with Crippen LogP contribution in [-0.2, 0) is 19.1 Å². The average molecular weight is 605 g/mol. The van der Waals surface area contributed by atoms with E-state index in [-0.39, 0.29) is 37.7 Å². The highest BCUT2D eigenvalue weighted by atomic mass is 16.6. The van der Waals surface area contributed by atoms with E-state index in [4.69, 9.17) is 9.47 Å². The van der Waals surface area contributed by atoms with Crippen molar-refractivity contribution in [1.82, 2.24) is 0 Å². The Hall–Kier alpha value is -2.18. The topological polar surface area (TPSA) is 93.1 Å². The molecule has 2 atom stereocenters. The quantitative estimate of drug-likeness (QED) is 0.0482. The van der Waals surface area contributed by atoms with E-state index in [1.807, 2.05) is 6.92 Å². The molecule has 0 fully saturated rings. The van der Waals surface area contributed by atoms with Gasteiger partial charge in [-0.15, -0.1) is 0 Å². The number of hydrogen-bond acceptors (Lipinski definition) is 6. The maximum absolute atomic E-state index is 12.1. The van der Waals surface area contributed by atoms with Crippen LogP contribution >= 0.6 is 0 Å². The molecule has 0 aromatic heterocycles. The van der Waals surface area contributed by atoms with Gasteiger partial charge in [-0.1, -0.05) is 127 Å². The molecule has 248 valence electrons. The third-order valence-electron chi connectivity index (χ3n) is 7.29. The Labute approximate surface area is 263 Å². The number of carbonyl (C=O) groups excluding carboxylic acids is 2. The number of allylic oxidation sites excluding steroid dienone is 8. The van der Waals surface area contributed by atoms with Crippen LogP contribution in [0, 0.1) is 0 Å². The van der Waals surface area contributed by atoms with Gasteiger partial charge in [-0.05, 0) is 57.8 Å². The van der Waals surface area contributed by atoms with E-state index in [2.05, 4.69) is 55.5 Å². The van der Waals surface area contributed by atoms with Crippen LogP contribution in [0.2, 0.25) is 0 Å². The maximum atomic E-state index is 12.1. The Morgan fingerprint density at radius 2 is 1.12 bits per heavy atom. The molecular weight excluding hydrogens is 540 g/mol. The van der Waals surface area contributed by atoms with Crippen molar-refractivity contribution < 1.29 is 29.3 Å². The molecule has 0 aliphatic heterocycles. The van der Waals surface area contributed by atoms with Gasteiger partial charge in [0, 0.05) is 12.8 Å². The van der Waals surface area contributed by atoms with Gasteiger partial charge in [-0.3, -0.25) is 9.59 Å². The van der Waals surface area contributed by atoms with Gasteiger partial charge in [0.25, 0.3) is 0 Å². The van der Waals surface area contributed by atoms with Gasteiger partial charge in [-0.25, -0.2) is 0 Å². The van der Waals surface area contributed by atoms with Crippen LogP contribution in [0.4, 0.5) is 0 Å². The zero-order valence-electron chi connectivity index (χ0n) is 27.6. The van der Waals surface area contributed by atoms with Gasteiger partial charge in [-0.2, -0.15) is 0 Å². The van der Waals surface area contributed by atoms with Gasteiger partial charge in [0.2, 0.25) is 0 Å². The highest BCUT2D eigenvalue weighted by molar-refractivity contribution is 5.70. The first-order valence-corrected chi connectivity index (χ1v) is 17.3. The monoisotopic (exact) mass is 604 g/mol. The van der Waals surface area contributed by atoms with E-state index < -0.39 is 6.10 Å². The largest absolute Gasteiger partial charge is 0.462 e. The molecule has 0 radical (unpaired) electrons. The zero-order chi connectivity index (χ0) is 31.6. The zero-order valence-corrected chi connectivity index (χ0v) is 27.6. The fraction of sp³-hybridized carbons (Fsp3) is 0.730. The highest BCUT2D eigenvalue weighted by Gasteiger charge is 2.15. The molecule has 0 saturated carbocycles. The molecule has 0 aromatic carbocycles. The lowest BCUT2D eigenvalue weighted by atomic mass is 10.1. The summed E-state index contributed by atoms with van der Waals surface area (Å²) in [6.07, 6.45) is 36.8. The van der Waals surface area contributed by atoms with Crippen LogP contribution in [-0.4, -0.2) is 47.6 Å². The molecule has 2 N–H and O–H groups in total. The minimum atomic E-state index is -0.806. The van der Waals surface area contributed by atoms with Crippen LogP contribution in [0.1, 0.15) is 149 Å². The normalized spacial score (nSPS) is 13.5. The summed E-state index contributed by atoms with van der Waals surface area (Å²) in [7, 11) is 0. The fourth-order valence-electron chi connectivity index (χ4n) is 4.47. The van der Waals surface area contributed by atoms with Crippen molar-refractivity contribution in [1.29, 1.82) is 0 Å². The van der Waals surface area contributed by atoms with E-state index in [1.54, 1.807) is 0 Å². The second-order valence-electron chi connectivity index (χ2n) is 11.4. The van der Waals surface area contributed by atoms with E-state index >= 15 is 0 Å². The van der Waals surface area contributed by atoms with Gasteiger partial charge in [0.05, 0.1) is 12.7 Å². The minimum Gasteiger partial charge on any atom is -0.462 e. The molecule has 0 saturated heterocycles. The van der Waals surface area contributed by atoms with Crippen molar-refractivity contribution >= 4 is 11.9 Å². The lowest BCUT2D eigenvalue weighted by Crippen LogP contribution is -2.28. The lowest BCUT2D eigenvalue weighted by molar-refractivity contribution is -0.161. The van der Waals surface area contributed by atoms with Crippen molar-refractivity contribution in [3.63, 3.8) is 0 Å². The van der Waals surface area contributed by atoms with Crippen molar-refractivity contribution in [2.45, 2.75) is 161 Å². The Morgan fingerprint density at radius 1 is 0.628 bits per heavy atom. The molecule has 0 bridgehead atoms. The number of aliphatic hydroxyl groups excluding tert-OH is 2. The van der Waals surface area contributed by atoms with Crippen LogP contribution in [0.5, 0.6) is 0 Å². The van der Waals surface area contributed by atoms with E-state index in [9.17, 15) is 19.8 Å². The van der Waals surface area contributed by atoms with Crippen LogP contribution < -0.4 is 0 Å². The molecule has 0 amide bonds. The Kier molecular flexibility index (Phi) is 31.1. The summed E-state index contributed by atoms with van der Waals surface area (Å²) >= 11 is 0. The van der Waals surface area contributed by atoms with Crippen LogP contribution in [0.25, 0.3) is 0 Å². The molecule has 0 heterocycles. The van der Waals surface area contributed by atoms with Crippen molar-refractivity contribution in [3.8, 4) is 0 Å². The number of rotatable bonds is 30. The van der Waals surface area contributed by atoms with Crippen LogP contribution in [0.3, 0.4) is 0 Å². The molecule has 6 heteroatoms. The van der Waals surface area contributed by atoms with Gasteiger partial charge in [0.15, 0.2) is 6.10 Å². The number of aliphatic hydroxyl groups is 2. The number of hydrogen-bond donors (Lipinski definition) is 2. The Morgan fingerprint density at radius 3 is 1.65 bits per heavy atom. The Bertz CT molecular complexity index is 754. The summed E-state index contributed by atoms with van der Waals surface area (Å²) in [5.41, 5.74) is 0. The minimum absolute atomic E-state index is 0.0959.